The Morgan fingerprint density at radius 3 is 1.94 bits per heavy atom. The molecular formula is C27H27N3O3. The summed E-state index contributed by atoms with van der Waals surface area (Å²) in [4.78, 5) is 28.3. The Bertz CT molecular complexity index is 1120. The number of anilines is 1. The molecule has 6 nitrogen and oxygen atoms in total. The van der Waals surface area contributed by atoms with Gasteiger partial charge in [0.15, 0.2) is 0 Å². The zero-order valence-electron chi connectivity index (χ0n) is 18.8. The average molecular weight is 442 g/mol. The van der Waals surface area contributed by atoms with Gasteiger partial charge in [-0.15, -0.1) is 0 Å². The molecule has 3 atom stereocenters. The number of nitro groups is 1. The zero-order valence-corrected chi connectivity index (χ0v) is 18.8. The van der Waals surface area contributed by atoms with Gasteiger partial charge in [-0.1, -0.05) is 67.6 Å². The zero-order chi connectivity index (χ0) is 23.2. The molecule has 0 radical (unpaired) electrons. The van der Waals surface area contributed by atoms with Gasteiger partial charge in [0.2, 0.25) is 0 Å². The molecule has 2 fully saturated rings. The minimum atomic E-state index is -0.418. The standard InChI is InChI=1S/C27H27N3O3/c1-19-17-27(21-9-5-3-6-10-21,22-11-7-4-8-12-22)18-28-25(19)20(2)29(26(28)31)23-13-15-24(16-14-23)30(32)33/h3-16,19-20,25H,17-18H2,1-2H3/t19?,20-,25-/m0/s1. The van der Waals surface area contributed by atoms with Crippen molar-refractivity contribution in [2.75, 3.05) is 11.4 Å². The van der Waals surface area contributed by atoms with Crippen LogP contribution in [0, 0.1) is 16.0 Å². The van der Waals surface area contributed by atoms with Gasteiger partial charge in [0.05, 0.1) is 17.0 Å². The van der Waals surface area contributed by atoms with E-state index in [0.717, 1.165) is 6.42 Å². The van der Waals surface area contributed by atoms with E-state index in [-0.39, 0.29) is 35.1 Å². The van der Waals surface area contributed by atoms with Crippen LogP contribution in [0.25, 0.3) is 0 Å². The van der Waals surface area contributed by atoms with Gasteiger partial charge in [-0.3, -0.25) is 15.0 Å². The Balaban J connectivity index is 1.56. The number of carbonyl (C=O) groups is 1. The molecule has 0 aliphatic carbocycles. The van der Waals surface area contributed by atoms with E-state index in [1.807, 2.05) is 17.0 Å². The van der Waals surface area contributed by atoms with Crippen LogP contribution in [0.2, 0.25) is 0 Å². The van der Waals surface area contributed by atoms with Crippen LogP contribution < -0.4 is 4.90 Å². The Hall–Kier alpha value is -3.67. The van der Waals surface area contributed by atoms with Crippen molar-refractivity contribution >= 4 is 17.4 Å². The van der Waals surface area contributed by atoms with E-state index in [1.165, 1.54) is 23.3 Å². The van der Waals surface area contributed by atoms with Gasteiger partial charge in [0, 0.05) is 29.8 Å². The van der Waals surface area contributed by atoms with Gasteiger partial charge < -0.3 is 4.90 Å². The van der Waals surface area contributed by atoms with Crippen molar-refractivity contribution in [2.24, 2.45) is 5.92 Å². The molecule has 33 heavy (non-hydrogen) atoms. The molecule has 3 aromatic rings. The number of hydrogen-bond donors (Lipinski definition) is 0. The molecule has 2 amide bonds. The molecule has 6 heteroatoms. The highest BCUT2D eigenvalue weighted by atomic mass is 16.6. The smallest absolute Gasteiger partial charge is 0.318 e. The van der Waals surface area contributed by atoms with Crippen LogP contribution in [-0.2, 0) is 5.41 Å². The van der Waals surface area contributed by atoms with Crippen LogP contribution in [0.1, 0.15) is 31.4 Å². The van der Waals surface area contributed by atoms with Crippen LogP contribution in [0.4, 0.5) is 16.2 Å². The molecule has 2 heterocycles. The van der Waals surface area contributed by atoms with E-state index in [2.05, 4.69) is 62.4 Å². The number of non-ortho nitro benzene ring substituents is 1. The lowest BCUT2D eigenvalue weighted by atomic mass is 9.64. The van der Waals surface area contributed by atoms with Gasteiger partial charge in [-0.25, -0.2) is 4.79 Å². The Morgan fingerprint density at radius 1 is 0.879 bits per heavy atom. The van der Waals surface area contributed by atoms with Gasteiger partial charge in [0.25, 0.3) is 5.69 Å². The average Bonchev–Trinajstić information content (AvgIpc) is 3.10. The summed E-state index contributed by atoms with van der Waals surface area (Å²) < 4.78 is 0. The highest BCUT2D eigenvalue weighted by Crippen LogP contribution is 2.48. The molecular weight excluding hydrogens is 414 g/mol. The fourth-order valence-electron chi connectivity index (χ4n) is 6.01. The summed E-state index contributed by atoms with van der Waals surface area (Å²) in [6.45, 7) is 4.92. The predicted octanol–water partition coefficient (Wildman–Crippen LogP) is 5.62. The molecule has 2 aliphatic rings. The highest BCUT2D eigenvalue weighted by Gasteiger charge is 2.54. The van der Waals surface area contributed by atoms with Crippen molar-refractivity contribution in [2.45, 2.75) is 37.8 Å². The monoisotopic (exact) mass is 441 g/mol. The summed E-state index contributed by atoms with van der Waals surface area (Å²) in [7, 11) is 0. The Labute approximate surface area is 193 Å². The lowest BCUT2D eigenvalue weighted by molar-refractivity contribution is -0.384. The van der Waals surface area contributed by atoms with E-state index in [1.54, 1.807) is 17.0 Å². The number of carbonyl (C=O) groups excluding carboxylic acids is 1. The molecule has 0 N–H and O–H groups in total. The third-order valence-electron chi connectivity index (χ3n) is 7.40. The van der Waals surface area contributed by atoms with Crippen LogP contribution in [0.15, 0.2) is 84.9 Å². The maximum absolute atomic E-state index is 13.8. The van der Waals surface area contributed by atoms with Crippen LogP contribution in [-0.4, -0.2) is 34.5 Å². The minimum absolute atomic E-state index is 0.0244. The van der Waals surface area contributed by atoms with Crippen LogP contribution >= 0.6 is 0 Å². The second-order valence-corrected chi connectivity index (χ2v) is 9.28. The first-order valence-electron chi connectivity index (χ1n) is 11.4. The summed E-state index contributed by atoms with van der Waals surface area (Å²) in [5, 5.41) is 11.1. The molecule has 0 spiro atoms. The highest BCUT2D eigenvalue weighted by molar-refractivity contribution is 5.96. The van der Waals surface area contributed by atoms with Crippen molar-refractivity contribution in [3.63, 3.8) is 0 Å². The summed E-state index contributed by atoms with van der Waals surface area (Å²) in [6.07, 6.45) is 0.938. The van der Waals surface area contributed by atoms with E-state index in [9.17, 15) is 14.9 Å². The number of nitrogens with zero attached hydrogens (tertiary/aromatic N) is 3. The number of amides is 2. The molecule has 0 aromatic heterocycles. The van der Waals surface area contributed by atoms with Gasteiger partial charge >= 0.3 is 6.03 Å². The molecule has 0 bridgehead atoms. The summed E-state index contributed by atoms with van der Waals surface area (Å²) >= 11 is 0. The first-order valence-corrected chi connectivity index (χ1v) is 11.4. The van der Waals surface area contributed by atoms with Crippen LogP contribution in [0.3, 0.4) is 0 Å². The molecule has 3 aromatic carbocycles. The number of nitro benzene ring substituents is 1. The fraction of sp³-hybridized carbons (Fsp3) is 0.296. The van der Waals surface area contributed by atoms with E-state index >= 15 is 0 Å². The molecule has 5 rings (SSSR count). The van der Waals surface area contributed by atoms with Crippen molar-refractivity contribution in [1.82, 2.24) is 4.90 Å². The van der Waals surface area contributed by atoms with E-state index < -0.39 is 4.92 Å². The second-order valence-electron chi connectivity index (χ2n) is 9.28. The van der Waals surface area contributed by atoms with Crippen molar-refractivity contribution in [3.05, 3.63) is 106 Å². The number of rotatable bonds is 4. The normalized spacial score (nSPS) is 23.9. The van der Waals surface area contributed by atoms with E-state index in [0.29, 0.717) is 12.2 Å². The third-order valence-corrected chi connectivity index (χ3v) is 7.40. The predicted molar refractivity (Wildman–Crippen MR) is 128 cm³/mol. The number of fused-ring (bicyclic) bond motifs is 1. The van der Waals surface area contributed by atoms with Crippen molar-refractivity contribution in [1.29, 1.82) is 0 Å². The van der Waals surface area contributed by atoms with Gasteiger partial charge in [-0.05, 0) is 42.5 Å². The van der Waals surface area contributed by atoms with E-state index in [4.69, 9.17) is 0 Å². The lowest BCUT2D eigenvalue weighted by Gasteiger charge is -2.48. The molecule has 1 unspecified atom stereocenters. The number of piperidine rings is 1. The topological polar surface area (TPSA) is 66.7 Å². The Kier molecular flexibility index (Phi) is 5.16. The van der Waals surface area contributed by atoms with Crippen molar-refractivity contribution < 1.29 is 9.72 Å². The fourth-order valence-corrected chi connectivity index (χ4v) is 6.01. The number of hydrogen-bond acceptors (Lipinski definition) is 3. The molecule has 168 valence electrons. The number of urea groups is 1. The maximum Gasteiger partial charge on any atom is 0.325 e. The quantitative estimate of drug-likeness (QED) is 0.390. The Morgan fingerprint density at radius 2 is 1.42 bits per heavy atom. The van der Waals surface area contributed by atoms with Gasteiger partial charge in [0.1, 0.15) is 0 Å². The molecule has 2 saturated heterocycles. The SMILES string of the molecule is CC1CC(c2ccccc2)(c2ccccc2)CN2C(=O)N(c3ccc([N+](=O)[O-])cc3)[C@@H](C)[C@H]12. The van der Waals surface area contributed by atoms with Gasteiger partial charge in [-0.2, -0.15) is 0 Å². The number of benzene rings is 3. The van der Waals surface area contributed by atoms with Crippen molar-refractivity contribution in [3.8, 4) is 0 Å². The minimum Gasteiger partial charge on any atom is -0.318 e. The summed E-state index contributed by atoms with van der Waals surface area (Å²) in [6, 6.07) is 27.3. The molecule has 2 aliphatic heterocycles. The largest absolute Gasteiger partial charge is 0.325 e. The van der Waals surface area contributed by atoms with Crippen LogP contribution in [0.5, 0.6) is 0 Å². The maximum atomic E-state index is 13.8. The first-order chi connectivity index (χ1) is 15.9. The molecule has 0 saturated carbocycles. The summed E-state index contributed by atoms with van der Waals surface area (Å²) in [5.74, 6) is 0.265. The third kappa shape index (κ3) is 3.37. The second kappa shape index (κ2) is 8.03. The summed E-state index contributed by atoms with van der Waals surface area (Å²) in [5.41, 5.74) is 2.87. The first kappa shape index (κ1) is 21.2. The lowest BCUT2D eigenvalue weighted by Crippen LogP contribution is -2.55.